The van der Waals surface area contributed by atoms with Crippen LogP contribution in [0.25, 0.3) is 10.8 Å². The van der Waals surface area contributed by atoms with Crippen LogP contribution in [0.2, 0.25) is 0 Å². The number of carboxylic acid groups (broad SMARTS) is 2. The first-order chi connectivity index (χ1) is 26.5. The third-order valence-electron chi connectivity index (χ3n) is 10.2. The molecular weight excluding hydrogens is 705 g/mol. The second-order valence-corrected chi connectivity index (χ2v) is 15.8. The highest BCUT2D eigenvalue weighted by Gasteiger charge is 2.32. The molecule has 4 aromatic carbocycles. The fourth-order valence-corrected chi connectivity index (χ4v) is 7.27. The van der Waals surface area contributed by atoms with E-state index in [-0.39, 0.29) is 68.1 Å². The molecule has 10 heteroatoms. The Bertz CT molecular complexity index is 2050. The molecule has 10 nitrogen and oxygen atoms in total. The van der Waals surface area contributed by atoms with Crippen LogP contribution in [0.3, 0.4) is 0 Å². The van der Waals surface area contributed by atoms with Gasteiger partial charge in [-0.25, -0.2) is 9.59 Å². The summed E-state index contributed by atoms with van der Waals surface area (Å²) in [6.45, 7) is 21.1. The average molecular weight is 765 g/mol. The lowest BCUT2D eigenvalue weighted by Gasteiger charge is -2.25. The van der Waals surface area contributed by atoms with Crippen LogP contribution in [0.5, 0.6) is 0 Å². The number of hydrogen-bond acceptors (Lipinski definition) is 6. The molecule has 0 spiro atoms. The van der Waals surface area contributed by atoms with E-state index < -0.39 is 23.8 Å². The van der Waals surface area contributed by atoms with Gasteiger partial charge in [0.1, 0.15) is 0 Å². The van der Waals surface area contributed by atoms with Gasteiger partial charge in [-0.05, 0) is 70.9 Å². The Balaban J connectivity index is 2.20. The highest BCUT2D eigenvalue weighted by atomic mass is 16.4. The molecular formula is C46H60N4O6. The number of rotatable bonds is 18. The number of carbonyl (C=O) groups excluding carboxylic acids is 2. The van der Waals surface area contributed by atoms with Crippen LogP contribution in [0, 0.1) is 0 Å². The van der Waals surface area contributed by atoms with Crippen LogP contribution in [-0.4, -0.2) is 47.1 Å². The third-order valence-corrected chi connectivity index (χ3v) is 10.2. The number of benzene rings is 4. The van der Waals surface area contributed by atoms with Gasteiger partial charge < -0.3 is 31.5 Å². The van der Waals surface area contributed by atoms with Crippen molar-refractivity contribution in [2.24, 2.45) is 0 Å². The summed E-state index contributed by atoms with van der Waals surface area (Å²) in [5, 5.41) is 34.3. The molecule has 0 aliphatic carbocycles. The van der Waals surface area contributed by atoms with Crippen molar-refractivity contribution < 1.29 is 29.4 Å². The number of unbranched alkanes of at least 4 members (excludes halogenated alkanes) is 2. The van der Waals surface area contributed by atoms with E-state index in [1.165, 1.54) is 12.1 Å². The standard InChI is InChI=1S/C46H60N4O6/c1-11-13-21-47-35-23-33(43(51)49-41-29(25(3)4)17-15-18-30(41)26(5)6)37-38(34(45(53)54)24-36(40(37)46(55)56)48-22-14-12-2)39(35)44(52)50-42-31(27(7)8)19-16-20-32(42)28(9)10/h15-20,23-28,47-48H,11-14,21-22H2,1-10H3,(H,49,51)(H,50,52)(H,53,54)(H,55,56). The zero-order valence-electron chi connectivity index (χ0n) is 34.7. The average Bonchev–Trinajstić information content (AvgIpc) is 3.13. The molecule has 0 aromatic heterocycles. The smallest absolute Gasteiger partial charge is 0.338 e. The minimum absolute atomic E-state index is 0.0448. The van der Waals surface area contributed by atoms with E-state index in [2.05, 4.69) is 21.3 Å². The largest absolute Gasteiger partial charge is 0.478 e. The first-order valence-corrected chi connectivity index (χ1v) is 20.1. The second kappa shape index (κ2) is 19.0. The van der Waals surface area contributed by atoms with Gasteiger partial charge in [-0.3, -0.25) is 9.59 Å². The maximum absolute atomic E-state index is 15.0. The van der Waals surface area contributed by atoms with Crippen LogP contribution in [0.15, 0.2) is 48.5 Å². The van der Waals surface area contributed by atoms with Crippen molar-refractivity contribution in [2.45, 2.75) is 119 Å². The number of amides is 2. The molecule has 0 saturated heterocycles. The van der Waals surface area contributed by atoms with Crippen molar-refractivity contribution in [1.82, 2.24) is 0 Å². The Morgan fingerprint density at radius 3 is 1.29 bits per heavy atom. The Kier molecular flexibility index (Phi) is 14.7. The number of anilines is 4. The van der Waals surface area contributed by atoms with Crippen LogP contribution < -0.4 is 21.3 Å². The zero-order valence-corrected chi connectivity index (χ0v) is 34.7. The lowest BCUT2D eigenvalue weighted by molar-refractivity contribution is 0.0685. The summed E-state index contributed by atoms with van der Waals surface area (Å²) in [6, 6.07) is 14.5. The van der Waals surface area contributed by atoms with Gasteiger partial charge in [-0.15, -0.1) is 0 Å². The maximum atomic E-state index is 15.0. The summed E-state index contributed by atoms with van der Waals surface area (Å²) in [6.07, 6.45) is 3.05. The first-order valence-electron chi connectivity index (χ1n) is 20.1. The Morgan fingerprint density at radius 1 is 0.536 bits per heavy atom. The summed E-state index contributed by atoms with van der Waals surface area (Å²) in [4.78, 5) is 56.7. The van der Waals surface area contributed by atoms with Crippen LogP contribution in [0.1, 0.15) is 182 Å². The monoisotopic (exact) mass is 764 g/mol. The normalized spacial score (nSPS) is 11.5. The van der Waals surface area contributed by atoms with E-state index >= 15 is 0 Å². The number of hydrogen-bond donors (Lipinski definition) is 6. The summed E-state index contributed by atoms with van der Waals surface area (Å²) in [7, 11) is 0. The molecule has 0 saturated carbocycles. The molecule has 0 aliphatic heterocycles. The molecule has 56 heavy (non-hydrogen) atoms. The molecule has 0 atom stereocenters. The fraction of sp³-hybridized carbons (Fsp3) is 0.435. The van der Waals surface area contributed by atoms with E-state index in [0.29, 0.717) is 30.9 Å². The lowest BCUT2D eigenvalue weighted by atomic mass is 9.87. The van der Waals surface area contributed by atoms with Crippen LogP contribution >= 0.6 is 0 Å². The summed E-state index contributed by atoms with van der Waals surface area (Å²) >= 11 is 0. The molecule has 0 heterocycles. The Hall–Kier alpha value is -5.38. The number of carbonyl (C=O) groups is 4. The van der Waals surface area contributed by atoms with E-state index in [9.17, 15) is 29.4 Å². The lowest BCUT2D eigenvalue weighted by Crippen LogP contribution is -2.23. The Morgan fingerprint density at radius 2 is 0.911 bits per heavy atom. The second-order valence-electron chi connectivity index (χ2n) is 15.8. The molecule has 0 unspecified atom stereocenters. The summed E-state index contributed by atoms with van der Waals surface area (Å²) in [5.41, 5.74) is 4.46. The van der Waals surface area contributed by atoms with Crippen molar-refractivity contribution in [2.75, 3.05) is 34.4 Å². The summed E-state index contributed by atoms with van der Waals surface area (Å²) < 4.78 is 0. The molecule has 0 aliphatic rings. The van der Waals surface area contributed by atoms with E-state index in [4.69, 9.17) is 0 Å². The number of para-hydroxylation sites is 2. The molecule has 0 bridgehead atoms. The van der Waals surface area contributed by atoms with Gasteiger partial charge in [0, 0.05) is 40.9 Å². The van der Waals surface area contributed by atoms with Gasteiger partial charge in [-0.1, -0.05) is 118 Å². The molecule has 6 N–H and O–H groups in total. The van der Waals surface area contributed by atoms with Gasteiger partial charge >= 0.3 is 11.9 Å². The van der Waals surface area contributed by atoms with Crippen molar-refractivity contribution in [3.63, 3.8) is 0 Å². The van der Waals surface area contributed by atoms with Crippen molar-refractivity contribution in [3.8, 4) is 0 Å². The molecule has 0 radical (unpaired) electrons. The molecule has 4 aromatic rings. The number of carboxylic acids is 2. The van der Waals surface area contributed by atoms with Crippen molar-refractivity contribution >= 4 is 57.3 Å². The van der Waals surface area contributed by atoms with E-state index in [0.717, 1.165) is 41.5 Å². The number of fused-ring (bicyclic) bond motifs is 1. The number of aromatic carboxylic acids is 2. The van der Waals surface area contributed by atoms with Gasteiger partial charge in [0.05, 0.1) is 27.9 Å². The van der Waals surface area contributed by atoms with Gasteiger partial charge in [0.15, 0.2) is 0 Å². The number of nitrogens with one attached hydrogen (secondary N) is 4. The third kappa shape index (κ3) is 9.34. The predicted molar refractivity (Wildman–Crippen MR) is 230 cm³/mol. The van der Waals surface area contributed by atoms with Crippen LogP contribution in [0.4, 0.5) is 22.7 Å². The molecule has 4 rings (SSSR count). The highest BCUT2D eigenvalue weighted by molar-refractivity contribution is 6.29. The SMILES string of the molecule is CCCCNc1cc(C(=O)O)c2c(C(=O)Nc3c(C(C)C)cccc3C(C)C)c(NCCCC)cc(C(=O)Nc3c(C(C)C)cccc3C(C)C)c2c1C(=O)O. The minimum atomic E-state index is -1.37. The van der Waals surface area contributed by atoms with Gasteiger partial charge in [0.25, 0.3) is 11.8 Å². The molecule has 2 amide bonds. The van der Waals surface area contributed by atoms with E-state index in [1.807, 2.05) is 106 Å². The summed E-state index contributed by atoms with van der Waals surface area (Å²) in [5.74, 6) is -3.78. The molecule has 300 valence electrons. The maximum Gasteiger partial charge on any atom is 0.338 e. The minimum Gasteiger partial charge on any atom is -0.478 e. The quantitative estimate of drug-likeness (QED) is 0.0547. The van der Waals surface area contributed by atoms with E-state index in [1.54, 1.807) is 0 Å². The van der Waals surface area contributed by atoms with Gasteiger partial charge in [-0.2, -0.15) is 0 Å². The molecule has 0 fully saturated rings. The first kappa shape index (κ1) is 43.3. The van der Waals surface area contributed by atoms with Gasteiger partial charge in [0.2, 0.25) is 0 Å². The highest BCUT2D eigenvalue weighted by Crippen LogP contribution is 2.41. The van der Waals surface area contributed by atoms with Crippen molar-refractivity contribution in [3.05, 3.63) is 93.0 Å². The van der Waals surface area contributed by atoms with Crippen molar-refractivity contribution in [1.29, 1.82) is 0 Å². The Labute approximate surface area is 331 Å². The zero-order chi connectivity index (χ0) is 41.4. The predicted octanol–water partition coefficient (Wildman–Crippen LogP) is 11.7. The fourth-order valence-electron chi connectivity index (χ4n) is 7.27. The topological polar surface area (TPSA) is 157 Å². The van der Waals surface area contributed by atoms with Crippen LogP contribution in [-0.2, 0) is 0 Å².